The van der Waals surface area contributed by atoms with Gasteiger partial charge in [-0.25, -0.2) is 4.98 Å². The summed E-state index contributed by atoms with van der Waals surface area (Å²) in [4.78, 5) is 30.9. The molecule has 0 fully saturated rings. The van der Waals surface area contributed by atoms with E-state index in [1.165, 1.54) is 22.7 Å². The Morgan fingerprint density at radius 1 is 1.00 bits per heavy atom. The highest BCUT2D eigenvalue weighted by Gasteiger charge is 2.24. The molecule has 0 radical (unpaired) electrons. The second kappa shape index (κ2) is 9.43. The van der Waals surface area contributed by atoms with Gasteiger partial charge in [-0.3, -0.25) is 9.59 Å². The van der Waals surface area contributed by atoms with E-state index >= 15 is 0 Å². The summed E-state index contributed by atoms with van der Waals surface area (Å²) < 4.78 is 10.8. The smallest absolute Gasteiger partial charge is 0.262 e. The molecule has 0 saturated carbocycles. The predicted molar refractivity (Wildman–Crippen MR) is 128 cm³/mol. The molecule has 7 nitrogen and oxygen atoms in total. The number of hydrogen-bond acceptors (Lipinski definition) is 7. The van der Waals surface area contributed by atoms with E-state index in [1.807, 2.05) is 59.3 Å². The molecule has 33 heavy (non-hydrogen) atoms. The second-order valence-corrected chi connectivity index (χ2v) is 9.09. The summed E-state index contributed by atoms with van der Waals surface area (Å²) in [6.07, 6.45) is 0.365. The van der Waals surface area contributed by atoms with Crippen molar-refractivity contribution in [2.45, 2.75) is 12.5 Å². The molecule has 1 aliphatic rings. The van der Waals surface area contributed by atoms with Crippen molar-refractivity contribution < 1.29 is 19.1 Å². The fourth-order valence-corrected chi connectivity index (χ4v) is 4.76. The molecular formula is C24H19N3O4S2. The fraction of sp³-hybridized carbons (Fsp3) is 0.125. The van der Waals surface area contributed by atoms with Gasteiger partial charge in [0.25, 0.3) is 5.91 Å². The third-order valence-corrected chi connectivity index (χ3v) is 6.68. The van der Waals surface area contributed by atoms with Crippen LogP contribution in [-0.4, -0.2) is 29.6 Å². The Balaban J connectivity index is 1.32. The first-order valence-electron chi connectivity index (χ1n) is 10.2. The Kier molecular flexibility index (Phi) is 6.05. The van der Waals surface area contributed by atoms with Gasteiger partial charge in [-0.1, -0.05) is 36.4 Å². The number of thiazole rings is 1. The molecule has 166 valence electrons. The average Bonchev–Trinajstić information content (AvgIpc) is 3.60. The van der Waals surface area contributed by atoms with Crippen LogP contribution in [0.2, 0.25) is 0 Å². The third kappa shape index (κ3) is 4.89. The molecule has 2 aromatic carbocycles. The summed E-state index contributed by atoms with van der Waals surface area (Å²) in [6.45, 7) is 0.206. The number of nitrogens with one attached hydrogen (secondary N) is 2. The van der Waals surface area contributed by atoms with Crippen LogP contribution in [0.3, 0.4) is 0 Å². The van der Waals surface area contributed by atoms with Crippen LogP contribution >= 0.6 is 22.7 Å². The van der Waals surface area contributed by atoms with Crippen molar-refractivity contribution in [1.29, 1.82) is 0 Å². The van der Waals surface area contributed by atoms with Crippen LogP contribution in [0, 0.1) is 0 Å². The number of thiophene rings is 1. The van der Waals surface area contributed by atoms with Gasteiger partial charge in [-0.15, -0.1) is 22.7 Å². The van der Waals surface area contributed by atoms with E-state index in [0.29, 0.717) is 27.9 Å². The molecule has 3 heterocycles. The normalized spacial score (nSPS) is 12.8. The lowest BCUT2D eigenvalue weighted by molar-refractivity contribution is -0.118. The number of ether oxygens (including phenoxy) is 2. The van der Waals surface area contributed by atoms with E-state index < -0.39 is 6.04 Å². The largest absolute Gasteiger partial charge is 0.454 e. The van der Waals surface area contributed by atoms with E-state index in [-0.39, 0.29) is 18.6 Å². The lowest BCUT2D eigenvalue weighted by Crippen LogP contribution is -2.45. The number of aromatic nitrogens is 1. The van der Waals surface area contributed by atoms with E-state index in [0.717, 1.165) is 16.8 Å². The molecule has 1 atom stereocenters. The van der Waals surface area contributed by atoms with E-state index in [4.69, 9.17) is 9.47 Å². The molecule has 0 bridgehead atoms. The first-order valence-corrected chi connectivity index (χ1v) is 12.0. The van der Waals surface area contributed by atoms with Gasteiger partial charge in [0.15, 0.2) is 16.6 Å². The molecule has 5 rings (SSSR count). The van der Waals surface area contributed by atoms with Crippen molar-refractivity contribution in [3.8, 4) is 22.8 Å². The van der Waals surface area contributed by atoms with Crippen LogP contribution in [0.4, 0.5) is 5.13 Å². The number of nitrogens with zero attached hydrogens (tertiary/aromatic N) is 1. The molecule has 2 amide bonds. The van der Waals surface area contributed by atoms with Crippen LogP contribution in [0.15, 0.2) is 71.4 Å². The predicted octanol–water partition coefficient (Wildman–Crippen LogP) is 4.58. The zero-order valence-corrected chi connectivity index (χ0v) is 18.9. The molecule has 2 N–H and O–H groups in total. The van der Waals surface area contributed by atoms with E-state index in [2.05, 4.69) is 15.6 Å². The van der Waals surface area contributed by atoms with E-state index in [9.17, 15) is 9.59 Å². The Hall–Kier alpha value is -3.69. The Bertz CT molecular complexity index is 1270. The Morgan fingerprint density at radius 2 is 1.85 bits per heavy atom. The quantitative estimate of drug-likeness (QED) is 0.407. The fourth-order valence-electron chi connectivity index (χ4n) is 3.41. The van der Waals surface area contributed by atoms with Crippen molar-refractivity contribution in [3.05, 3.63) is 81.9 Å². The van der Waals surface area contributed by atoms with Crippen molar-refractivity contribution >= 4 is 39.6 Å². The third-order valence-electron chi connectivity index (χ3n) is 5.05. The van der Waals surface area contributed by atoms with Gasteiger partial charge in [0.2, 0.25) is 12.7 Å². The number of benzene rings is 2. The molecule has 0 aliphatic carbocycles. The molecule has 1 aliphatic heterocycles. The van der Waals surface area contributed by atoms with Crippen molar-refractivity contribution in [1.82, 2.24) is 10.3 Å². The maximum Gasteiger partial charge on any atom is 0.262 e. The van der Waals surface area contributed by atoms with Crippen LogP contribution in [0.1, 0.15) is 15.2 Å². The van der Waals surface area contributed by atoms with Gasteiger partial charge in [-0.05, 0) is 35.2 Å². The first kappa shape index (κ1) is 21.2. The standard InChI is InChI=1S/C24H19N3O4S2/c28-22(17(11-15-5-2-1-3-6-15)25-23(29)21-7-4-10-32-21)27-24-26-18(13-33-24)16-8-9-19-20(12-16)31-14-30-19/h1-10,12-13,17H,11,14H2,(H,25,29)(H,26,27,28). The number of fused-ring (bicyclic) bond motifs is 1. The molecular weight excluding hydrogens is 458 g/mol. The van der Waals surface area contributed by atoms with Gasteiger partial charge in [0.1, 0.15) is 6.04 Å². The SMILES string of the molecule is O=C(NC(Cc1ccccc1)C(=O)Nc1nc(-c2ccc3c(c2)OCO3)cs1)c1cccs1. The van der Waals surface area contributed by atoms with Crippen LogP contribution in [0.5, 0.6) is 11.5 Å². The van der Waals surface area contributed by atoms with Gasteiger partial charge in [0, 0.05) is 17.4 Å². The second-order valence-electron chi connectivity index (χ2n) is 7.29. The number of amides is 2. The minimum Gasteiger partial charge on any atom is -0.454 e. The summed E-state index contributed by atoms with van der Waals surface area (Å²) in [5, 5.41) is 9.86. The molecule has 1 unspecified atom stereocenters. The highest BCUT2D eigenvalue weighted by molar-refractivity contribution is 7.14. The number of carbonyl (C=O) groups excluding carboxylic acids is 2. The van der Waals surface area contributed by atoms with Crippen molar-refractivity contribution in [3.63, 3.8) is 0 Å². The summed E-state index contributed by atoms with van der Waals surface area (Å²) in [6, 6.07) is 18.0. The lowest BCUT2D eigenvalue weighted by atomic mass is 10.1. The Morgan fingerprint density at radius 3 is 2.67 bits per heavy atom. The van der Waals surface area contributed by atoms with Crippen molar-refractivity contribution in [2.75, 3.05) is 12.1 Å². The minimum absolute atomic E-state index is 0.206. The number of hydrogen-bond donors (Lipinski definition) is 2. The van der Waals surface area contributed by atoms with Gasteiger partial charge in [0.05, 0.1) is 10.6 Å². The number of anilines is 1. The minimum atomic E-state index is -0.750. The maximum absolute atomic E-state index is 13.1. The number of rotatable bonds is 7. The zero-order chi connectivity index (χ0) is 22.6. The lowest BCUT2D eigenvalue weighted by Gasteiger charge is -2.17. The van der Waals surface area contributed by atoms with E-state index in [1.54, 1.807) is 12.1 Å². The first-order chi connectivity index (χ1) is 16.2. The highest BCUT2D eigenvalue weighted by atomic mass is 32.1. The zero-order valence-electron chi connectivity index (χ0n) is 17.3. The summed E-state index contributed by atoms with van der Waals surface area (Å²) in [5.41, 5.74) is 2.53. The highest BCUT2D eigenvalue weighted by Crippen LogP contribution is 2.36. The van der Waals surface area contributed by atoms with Crippen LogP contribution in [-0.2, 0) is 11.2 Å². The molecule has 2 aromatic heterocycles. The van der Waals surface area contributed by atoms with Gasteiger partial charge < -0.3 is 20.1 Å². The molecule has 4 aromatic rings. The molecule has 0 saturated heterocycles. The van der Waals surface area contributed by atoms with Gasteiger partial charge in [-0.2, -0.15) is 0 Å². The van der Waals surface area contributed by atoms with Crippen LogP contribution in [0.25, 0.3) is 11.3 Å². The Labute approximate surface area is 198 Å². The summed E-state index contributed by atoms with van der Waals surface area (Å²) >= 11 is 2.65. The average molecular weight is 478 g/mol. The molecule has 0 spiro atoms. The number of carbonyl (C=O) groups is 2. The molecule has 9 heteroatoms. The topological polar surface area (TPSA) is 89.6 Å². The summed E-state index contributed by atoms with van der Waals surface area (Å²) in [5.74, 6) is 0.773. The van der Waals surface area contributed by atoms with Crippen molar-refractivity contribution in [2.24, 2.45) is 0 Å². The van der Waals surface area contributed by atoms with Crippen LogP contribution < -0.4 is 20.1 Å². The monoisotopic (exact) mass is 477 g/mol. The maximum atomic E-state index is 13.1. The van der Waals surface area contributed by atoms with Gasteiger partial charge >= 0.3 is 0 Å². The summed E-state index contributed by atoms with van der Waals surface area (Å²) in [7, 11) is 0.